The summed E-state index contributed by atoms with van der Waals surface area (Å²) in [5.74, 6) is 0.126. The summed E-state index contributed by atoms with van der Waals surface area (Å²) in [7, 11) is 0. The molecule has 3 nitrogen and oxygen atoms in total. The minimum absolute atomic E-state index is 0.158. The van der Waals surface area contributed by atoms with E-state index in [2.05, 4.69) is 64.2 Å². The maximum Gasteiger partial charge on any atom is 0.237 e. The molecule has 1 rings (SSSR count). The second-order valence-electron chi connectivity index (χ2n) is 7.59. The molecule has 118 valence electrons. The Morgan fingerprint density at radius 1 is 1.14 bits per heavy atom. The van der Waals surface area contributed by atoms with Crippen molar-refractivity contribution in [3.63, 3.8) is 0 Å². The van der Waals surface area contributed by atoms with Gasteiger partial charge in [0.1, 0.15) is 0 Å². The fraction of sp³-hybridized carbons (Fsp3) is 0.611. The van der Waals surface area contributed by atoms with Crippen molar-refractivity contribution in [2.75, 3.05) is 0 Å². The van der Waals surface area contributed by atoms with Crippen LogP contribution in [-0.4, -0.2) is 11.4 Å². The Morgan fingerprint density at radius 2 is 1.67 bits per heavy atom. The third-order valence-corrected chi connectivity index (χ3v) is 3.86. The first-order valence-corrected chi connectivity index (χ1v) is 7.69. The van der Waals surface area contributed by atoms with Gasteiger partial charge in [-0.1, -0.05) is 58.9 Å². The smallest absolute Gasteiger partial charge is 0.237 e. The van der Waals surface area contributed by atoms with Gasteiger partial charge in [0.25, 0.3) is 0 Å². The molecule has 0 aliphatic carbocycles. The normalized spacial score (nSPS) is 15.0. The number of nitrogens with one attached hydrogen (secondary N) is 1. The molecule has 3 heteroatoms. The van der Waals surface area contributed by atoms with Crippen molar-refractivity contribution in [1.29, 1.82) is 0 Å². The van der Waals surface area contributed by atoms with Crippen LogP contribution in [-0.2, 0) is 16.8 Å². The summed E-state index contributed by atoms with van der Waals surface area (Å²) in [4.78, 5) is 11.7. The molecule has 1 aromatic carbocycles. The number of rotatable bonds is 6. The first-order valence-electron chi connectivity index (χ1n) is 7.69. The summed E-state index contributed by atoms with van der Waals surface area (Å²) in [5.41, 5.74) is 7.54. The molecule has 0 spiro atoms. The summed E-state index contributed by atoms with van der Waals surface area (Å²) >= 11 is 0. The number of carbonyl (C=O) groups is 1. The van der Waals surface area contributed by atoms with Gasteiger partial charge in [0.05, 0.1) is 5.54 Å². The molecular formula is C18H30N2O. The second kappa shape index (κ2) is 6.61. The van der Waals surface area contributed by atoms with Gasteiger partial charge in [0.2, 0.25) is 5.91 Å². The lowest BCUT2D eigenvalue weighted by Crippen LogP contribution is -2.53. The molecule has 0 radical (unpaired) electrons. The monoisotopic (exact) mass is 290 g/mol. The quantitative estimate of drug-likeness (QED) is 0.844. The van der Waals surface area contributed by atoms with Gasteiger partial charge in [-0.25, -0.2) is 0 Å². The molecule has 0 fully saturated rings. The van der Waals surface area contributed by atoms with Crippen molar-refractivity contribution in [2.24, 2.45) is 11.7 Å². The van der Waals surface area contributed by atoms with Gasteiger partial charge < -0.3 is 5.73 Å². The molecule has 0 bridgehead atoms. The molecule has 1 aromatic rings. The van der Waals surface area contributed by atoms with Gasteiger partial charge in [-0.05, 0) is 35.8 Å². The lowest BCUT2D eigenvalue weighted by Gasteiger charge is -2.29. The molecule has 3 N–H and O–H groups in total. The maximum atomic E-state index is 11.7. The van der Waals surface area contributed by atoms with Gasteiger partial charge in [-0.2, -0.15) is 0 Å². The molecule has 21 heavy (non-hydrogen) atoms. The van der Waals surface area contributed by atoms with E-state index in [9.17, 15) is 4.79 Å². The van der Waals surface area contributed by atoms with Crippen LogP contribution in [0.25, 0.3) is 0 Å². The van der Waals surface area contributed by atoms with Crippen molar-refractivity contribution in [2.45, 2.75) is 65.5 Å². The molecule has 1 unspecified atom stereocenters. The largest absolute Gasteiger partial charge is 0.368 e. The van der Waals surface area contributed by atoms with Crippen LogP contribution >= 0.6 is 0 Å². The van der Waals surface area contributed by atoms with Gasteiger partial charge in [-0.3, -0.25) is 10.1 Å². The number of nitrogens with two attached hydrogens (primary N) is 1. The topological polar surface area (TPSA) is 55.1 Å². The predicted molar refractivity (Wildman–Crippen MR) is 89.0 cm³/mol. The summed E-state index contributed by atoms with van der Waals surface area (Å²) in [6.45, 7) is 13.3. The Bertz CT molecular complexity index is 471. The Labute approximate surface area is 129 Å². The van der Waals surface area contributed by atoms with E-state index in [-0.39, 0.29) is 11.3 Å². The Morgan fingerprint density at radius 3 is 2.05 bits per heavy atom. The third-order valence-electron chi connectivity index (χ3n) is 3.86. The molecule has 0 saturated carbocycles. The molecule has 1 amide bonds. The number of primary amides is 1. The lowest BCUT2D eigenvalue weighted by molar-refractivity contribution is -0.124. The van der Waals surface area contributed by atoms with Gasteiger partial charge in [0.15, 0.2) is 0 Å². The highest BCUT2D eigenvalue weighted by atomic mass is 16.1. The molecule has 0 saturated heterocycles. The first kappa shape index (κ1) is 17.7. The number of benzene rings is 1. The van der Waals surface area contributed by atoms with E-state index in [1.54, 1.807) is 0 Å². The number of amides is 1. The van der Waals surface area contributed by atoms with Gasteiger partial charge in [-0.15, -0.1) is 0 Å². The molecule has 0 aromatic heterocycles. The summed E-state index contributed by atoms with van der Waals surface area (Å²) in [6, 6.07) is 8.54. The third kappa shape index (κ3) is 5.16. The number of hydrogen-bond donors (Lipinski definition) is 2. The number of carbonyl (C=O) groups excluding carboxylic acids is 1. The molecule has 1 atom stereocenters. The van der Waals surface area contributed by atoms with Crippen LogP contribution in [0.5, 0.6) is 0 Å². The number of hydrogen-bond acceptors (Lipinski definition) is 2. The average molecular weight is 290 g/mol. The van der Waals surface area contributed by atoms with E-state index in [0.717, 1.165) is 6.42 Å². The molecule has 0 aliphatic rings. The Kier molecular flexibility index (Phi) is 5.57. The molecule has 0 heterocycles. The van der Waals surface area contributed by atoms with Crippen molar-refractivity contribution in [3.05, 3.63) is 35.4 Å². The van der Waals surface area contributed by atoms with Crippen LogP contribution in [0.1, 0.15) is 59.1 Å². The zero-order valence-electron chi connectivity index (χ0n) is 14.3. The zero-order valence-corrected chi connectivity index (χ0v) is 14.3. The van der Waals surface area contributed by atoms with Crippen LogP contribution in [0.2, 0.25) is 0 Å². The molecule has 0 aliphatic heterocycles. The highest BCUT2D eigenvalue weighted by molar-refractivity contribution is 5.84. The highest BCUT2D eigenvalue weighted by Gasteiger charge is 2.31. The maximum absolute atomic E-state index is 11.7. The average Bonchev–Trinajstić information content (AvgIpc) is 2.35. The predicted octanol–water partition coefficient (Wildman–Crippen LogP) is 3.36. The minimum atomic E-state index is -0.656. The Hall–Kier alpha value is -1.35. The first-order chi connectivity index (χ1) is 9.54. The van der Waals surface area contributed by atoms with Crippen LogP contribution in [0, 0.1) is 5.92 Å². The van der Waals surface area contributed by atoms with E-state index < -0.39 is 5.54 Å². The zero-order chi connectivity index (χ0) is 16.3. The standard InChI is InChI=1S/C18H30N2O/c1-13(2)11-18(6,16(19)21)20-12-14-7-9-15(10-8-14)17(3,4)5/h7-10,13,20H,11-12H2,1-6H3,(H2,19,21). The van der Waals surface area contributed by atoms with Crippen molar-refractivity contribution in [3.8, 4) is 0 Å². The van der Waals surface area contributed by atoms with Crippen LogP contribution < -0.4 is 11.1 Å². The van der Waals surface area contributed by atoms with E-state index in [1.807, 2.05) is 6.92 Å². The van der Waals surface area contributed by atoms with Crippen molar-refractivity contribution in [1.82, 2.24) is 5.32 Å². The van der Waals surface area contributed by atoms with Crippen LogP contribution in [0.4, 0.5) is 0 Å². The SMILES string of the molecule is CC(C)CC(C)(NCc1ccc(C(C)(C)C)cc1)C(N)=O. The Balaban J connectivity index is 2.75. The van der Waals surface area contributed by atoms with E-state index in [1.165, 1.54) is 11.1 Å². The minimum Gasteiger partial charge on any atom is -0.368 e. The molecular weight excluding hydrogens is 260 g/mol. The van der Waals surface area contributed by atoms with Crippen molar-refractivity contribution >= 4 is 5.91 Å². The van der Waals surface area contributed by atoms with E-state index in [0.29, 0.717) is 12.5 Å². The fourth-order valence-corrected chi connectivity index (χ4v) is 2.50. The van der Waals surface area contributed by atoms with Gasteiger partial charge in [0, 0.05) is 6.54 Å². The highest BCUT2D eigenvalue weighted by Crippen LogP contribution is 2.22. The summed E-state index contributed by atoms with van der Waals surface area (Å²) in [6.07, 6.45) is 0.739. The van der Waals surface area contributed by atoms with E-state index >= 15 is 0 Å². The van der Waals surface area contributed by atoms with E-state index in [4.69, 9.17) is 5.73 Å². The van der Waals surface area contributed by atoms with Gasteiger partial charge >= 0.3 is 0 Å². The van der Waals surface area contributed by atoms with Crippen molar-refractivity contribution < 1.29 is 4.79 Å². The van der Waals surface area contributed by atoms with Crippen LogP contribution in [0.3, 0.4) is 0 Å². The second-order valence-corrected chi connectivity index (χ2v) is 7.59. The summed E-state index contributed by atoms with van der Waals surface area (Å²) < 4.78 is 0. The lowest BCUT2D eigenvalue weighted by atomic mass is 9.86. The fourth-order valence-electron chi connectivity index (χ4n) is 2.50. The van der Waals surface area contributed by atoms with Crippen LogP contribution in [0.15, 0.2) is 24.3 Å². The summed E-state index contributed by atoms with van der Waals surface area (Å²) in [5, 5.41) is 3.33.